The van der Waals surface area contributed by atoms with Crippen LogP contribution in [-0.4, -0.2) is 84.2 Å². The van der Waals surface area contributed by atoms with Gasteiger partial charge in [0.25, 0.3) is 5.91 Å². The molecule has 0 fully saturated rings. The number of carbonyl (C=O) groups excluding carboxylic acids is 3. The van der Waals surface area contributed by atoms with Gasteiger partial charge in [-0.2, -0.15) is 26.3 Å². The van der Waals surface area contributed by atoms with Crippen LogP contribution in [0, 0.1) is 11.8 Å². The molecule has 286 valence electrons. The zero-order chi connectivity index (χ0) is 38.9. The quantitative estimate of drug-likeness (QED) is 0.0971. The van der Waals surface area contributed by atoms with Crippen LogP contribution >= 0.6 is 11.9 Å². The largest absolute Gasteiger partial charge is 0.480 e. The molecule has 4 atom stereocenters. The van der Waals surface area contributed by atoms with Gasteiger partial charge >= 0.3 is 24.4 Å². The molecule has 2 aromatic carbocycles. The molecule has 2 aromatic rings. The third-order valence-corrected chi connectivity index (χ3v) is 8.67. The van der Waals surface area contributed by atoms with Gasteiger partial charge in [0.2, 0.25) is 12.1 Å². The Morgan fingerprint density at radius 2 is 1.54 bits per heavy atom. The van der Waals surface area contributed by atoms with E-state index in [1.54, 1.807) is 75.4 Å². The first kappa shape index (κ1) is 42.1. The third kappa shape index (κ3) is 13.3. The monoisotopic (exact) mass is 761 g/mol. The summed E-state index contributed by atoms with van der Waals surface area (Å²) < 4.78 is 88.5. The number of carboxylic acids is 1. The molecule has 0 spiro atoms. The van der Waals surface area contributed by atoms with Crippen LogP contribution in [0.15, 0.2) is 59.6 Å². The van der Waals surface area contributed by atoms with Crippen LogP contribution in [0.2, 0.25) is 0 Å². The Labute approximate surface area is 301 Å². The SMILES string of the molecule is CN1C(=O)[C@@H](NC(=O)[C@H](CCC(F)(F)F)[C@H](CCC(F)(F)F)CNSCC(NC(=O)OC(C)(C)C)C(=O)O)N=C(c2ccccc2)c2ccccc21. The van der Waals surface area contributed by atoms with Crippen LogP contribution in [0.3, 0.4) is 0 Å². The van der Waals surface area contributed by atoms with Crippen molar-refractivity contribution in [3.05, 3.63) is 65.7 Å². The van der Waals surface area contributed by atoms with Gasteiger partial charge in [0.15, 0.2) is 0 Å². The van der Waals surface area contributed by atoms with E-state index in [0.717, 1.165) is 0 Å². The first-order chi connectivity index (χ1) is 24.1. The molecule has 18 heteroatoms. The van der Waals surface area contributed by atoms with Crippen molar-refractivity contribution >= 4 is 47.2 Å². The number of aliphatic carboxylic acids is 1. The molecule has 52 heavy (non-hydrogen) atoms. The van der Waals surface area contributed by atoms with Crippen molar-refractivity contribution in [3.8, 4) is 0 Å². The minimum absolute atomic E-state index is 0.297. The van der Waals surface area contributed by atoms with Crippen molar-refractivity contribution in [1.82, 2.24) is 15.4 Å². The van der Waals surface area contributed by atoms with Gasteiger partial charge in [0, 0.05) is 49.2 Å². The van der Waals surface area contributed by atoms with Gasteiger partial charge < -0.3 is 25.4 Å². The number of benzene rings is 2. The molecule has 1 unspecified atom stereocenters. The molecule has 4 N–H and O–H groups in total. The molecule has 3 rings (SSSR count). The second kappa shape index (κ2) is 17.9. The van der Waals surface area contributed by atoms with E-state index in [1.165, 1.54) is 11.9 Å². The van der Waals surface area contributed by atoms with Crippen LogP contribution in [0.5, 0.6) is 0 Å². The first-order valence-corrected chi connectivity index (χ1v) is 17.1. The number of para-hydroxylation sites is 1. The average Bonchev–Trinajstić information content (AvgIpc) is 3.13. The van der Waals surface area contributed by atoms with Gasteiger partial charge in [0.1, 0.15) is 11.6 Å². The van der Waals surface area contributed by atoms with E-state index in [-0.39, 0.29) is 5.75 Å². The minimum atomic E-state index is -4.77. The molecule has 1 aliphatic heterocycles. The predicted octanol–water partition coefficient (Wildman–Crippen LogP) is 6.08. The number of rotatable bonds is 15. The summed E-state index contributed by atoms with van der Waals surface area (Å²) >= 11 is 0.675. The van der Waals surface area contributed by atoms with Crippen molar-refractivity contribution < 1.29 is 55.4 Å². The number of carboxylic acid groups (broad SMARTS) is 1. The van der Waals surface area contributed by atoms with Crippen molar-refractivity contribution in [2.75, 3.05) is 24.2 Å². The van der Waals surface area contributed by atoms with E-state index in [4.69, 9.17) is 4.74 Å². The Bertz CT molecular complexity index is 1580. The van der Waals surface area contributed by atoms with Crippen LogP contribution < -0.4 is 20.3 Å². The smallest absolute Gasteiger partial charge is 0.408 e. The normalized spacial score (nSPS) is 16.9. The van der Waals surface area contributed by atoms with Crippen molar-refractivity contribution in [3.63, 3.8) is 0 Å². The number of nitrogens with one attached hydrogen (secondary N) is 3. The Morgan fingerprint density at radius 3 is 2.13 bits per heavy atom. The van der Waals surface area contributed by atoms with E-state index < -0.39 is 98.1 Å². The topological polar surface area (TPSA) is 149 Å². The Hall–Kier alpha value is -4.32. The van der Waals surface area contributed by atoms with Crippen LogP contribution in [-0.2, 0) is 19.1 Å². The highest BCUT2D eigenvalue weighted by Crippen LogP contribution is 2.33. The molecule has 0 bridgehead atoms. The molecule has 0 saturated heterocycles. The average molecular weight is 762 g/mol. The highest BCUT2D eigenvalue weighted by Gasteiger charge is 2.39. The summed E-state index contributed by atoms with van der Waals surface area (Å²) in [5.41, 5.74) is 0.887. The predicted molar refractivity (Wildman–Crippen MR) is 183 cm³/mol. The number of fused-ring (bicyclic) bond motifs is 1. The minimum Gasteiger partial charge on any atom is -0.480 e. The fourth-order valence-corrected chi connectivity index (χ4v) is 6.15. The maximum Gasteiger partial charge on any atom is 0.408 e. The molecule has 3 amide bonds. The zero-order valence-corrected chi connectivity index (χ0v) is 29.6. The number of aliphatic imine (C=N–C) groups is 1. The molecule has 11 nitrogen and oxygen atoms in total. The summed E-state index contributed by atoms with van der Waals surface area (Å²) in [4.78, 5) is 57.1. The fraction of sp³-hybridized carbons (Fsp3) is 0.500. The van der Waals surface area contributed by atoms with Crippen molar-refractivity contribution in [2.45, 2.75) is 76.6 Å². The number of benzodiazepines with no additional fused rings is 1. The molecule has 0 aliphatic carbocycles. The summed E-state index contributed by atoms with van der Waals surface area (Å²) in [6.07, 6.45) is -16.8. The number of hydrogen-bond donors (Lipinski definition) is 4. The number of halogens is 6. The highest BCUT2D eigenvalue weighted by molar-refractivity contribution is 7.97. The summed E-state index contributed by atoms with van der Waals surface area (Å²) in [7, 11) is 1.43. The molecule has 0 aromatic heterocycles. The summed E-state index contributed by atoms with van der Waals surface area (Å²) in [5, 5.41) is 14.1. The van der Waals surface area contributed by atoms with Gasteiger partial charge in [0.05, 0.1) is 11.4 Å². The summed E-state index contributed by atoms with van der Waals surface area (Å²) in [6.45, 7) is 4.21. The number of alkyl halides is 6. The van der Waals surface area contributed by atoms with E-state index in [1.807, 2.05) is 0 Å². The van der Waals surface area contributed by atoms with Gasteiger partial charge in [-0.25, -0.2) is 14.6 Å². The fourth-order valence-electron chi connectivity index (χ4n) is 5.31. The maximum absolute atomic E-state index is 13.9. The van der Waals surface area contributed by atoms with E-state index in [9.17, 15) is 50.6 Å². The number of carbonyl (C=O) groups is 4. The third-order valence-electron chi connectivity index (χ3n) is 7.80. The standard InChI is InChI=1S/C34H41F6N5O6S/c1-32(2,3)51-31(50)42-24(30(48)49)19-52-41-18-21(14-16-33(35,36)37)22(15-17-34(38,39)40)28(46)44-27-29(47)45(4)25-13-9-8-12-23(25)26(43-27)20-10-6-5-7-11-20/h5-13,21-22,24,27,41H,14-19H2,1-4H3,(H,42,50)(H,44,46)(H,48,49)/t21-,22-,24?,27-/m1/s1. The molecule has 0 saturated carbocycles. The zero-order valence-electron chi connectivity index (χ0n) is 28.8. The van der Waals surface area contributed by atoms with Crippen LogP contribution in [0.4, 0.5) is 36.8 Å². The maximum atomic E-state index is 13.9. The number of alkyl carbamates (subject to hydrolysis) is 1. The summed E-state index contributed by atoms with van der Waals surface area (Å²) in [6, 6.07) is 13.9. The Balaban J connectivity index is 1.90. The van der Waals surface area contributed by atoms with Gasteiger partial charge in [-0.1, -0.05) is 60.5 Å². The number of amides is 3. The molecule has 1 heterocycles. The van der Waals surface area contributed by atoms with Crippen LogP contribution in [0.1, 0.15) is 57.6 Å². The Kier molecular flexibility index (Phi) is 14.5. The van der Waals surface area contributed by atoms with E-state index in [0.29, 0.717) is 34.5 Å². The Morgan fingerprint density at radius 1 is 0.942 bits per heavy atom. The molecule has 0 radical (unpaired) electrons. The van der Waals surface area contributed by atoms with Gasteiger partial charge in [-0.15, -0.1) is 0 Å². The van der Waals surface area contributed by atoms with Crippen molar-refractivity contribution in [2.24, 2.45) is 16.8 Å². The van der Waals surface area contributed by atoms with E-state index >= 15 is 0 Å². The molecule has 1 aliphatic rings. The lowest BCUT2D eigenvalue weighted by Crippen LogP contribution is -2.49. The lowest BCUT2D eigenvalue weighted by atomic mass is 9.84. The molecular formula is C34H41F6N5O6S. The highest BCUT2D eigenvalue weighted by atomic mass is 32.2. The van der Waals surface area contributed by atoms with Gasteiger partial charge in [-0.05, 0) is 45.6 Å². The summed E-state index contributed by atoms with van der Waals surface area (Å²) in [5.74, 6) is -6.73. The number of ether oxygens (including phenoxy) is 1. The lowest BCUT2D eigenvalue weighted by molar-refractivity contribution is -0.148. The second-order valence-corrected chi connectivity index (χ2v) is 14.0. The second-order valence-electron chi connectivity index (χ2n) is 13.0. The first-order valence-electron chi connectivity index (χ1n) is 16.2. The van der Waals surface area contributed by atoms with Gasteiger partial charge in [-0.3, -0.25) is 14.3 Å². The van der Waals surface area contributed by atoms with Crippen LogP contribution in [0.25, 0.3) is 0 Å². The number of nitrogens with zero attached hydrogens (tertiary/aromatic N) is 2. The number of anilines is 1. The molecular weight excluding hydrogens is 720 g/mol. The van der Waals surface area contributed by atoms with E-state index in [2.05, 4.69) is 20.3 Å². The van der Waals surface area contributed by atoms with Crippen molar-refractivity contribution in [1.29, 1.82) is 0 Å². The number of hydrogen-bond acceptors (Lipinski definition) is 8. The number of likely N-dealkylation sites (N-methyl/N-ethyl adjacent to an activating group) is 1. The lowest BCUT2D eigenvalue weighted by Gasteiger charge is -2.29.